The zero-order valence-electron chi connectivity index (χ0n) is 14.3. The summed E-state index contributed by atoms with van der Waals surface area (Å²) < 4.78 is 2.11. The summed E-state index contributed by atoms with van der Waals surface area (Å²) in [6.07, 6.45) is 7.73. The largest absolute Gasteiger partial charge is 0.337 e. The van der Waals surface area contributed by atoms with Crippen LogP contribution in [0.15, 0.2) is 12.4 Å². The average Bonchev–Trinajstić information content (AvgIpc) is 2.82. The molecule has 0 aliphatic heterocycles. The number of hydrogen-bond donors (Lipinski definition) is 1. The molecule has 1 saturated carbocycles. The first-order chi connectivity index (χ1) is 9.82. The first-order valence-corrected chi connectivity index (χ1v) is 8.19. The molecule has 4 nitrogen and oxygen atoms in total. The van der Waals surface area contributed by atoms with E-state index in [1.165, 1.54) is 19.3 Å². The Morgan fingerprint density at radius 2 is 2.10 bits per heavy atom. The highest BCUT2D eigenvalue weighted by Gasteiger charge is 2.37. The zero-order chi connectivity index (χ0) is 15.6. The number of hydrogen-bond acceptors (Lipinski definition) is 3. The fourth-order valence-corrected chi connectivity index (χ4v) is 3.70. The summed E-state index contributed by atoms with van der Waals surface area (Å²) in [5, 5.41) is 0. The highest BCUT2D eigenvalue weighted by atomic mass is 15.2. The monoisotopic (exact) mass is 292 g/mol. The number of nitrogens with two attached hydrogens (primary N) is 1. The lowest BCUT2D eigenvalue weighted by Gasteiger charge is -2.45. The Bertz CT molecular complexity index is 446. The lowest BCUT2D eigenvalue weighted by molar-refractivity contribution is 0.0539. The van der Waals surface area contributed by atoms with Gasteiger partial charge in [-0.05, 0) is 50.1 Å². The second kappa shape index (κ2) is 6.49. The zero-order valence-corrected chi connectivity index (χ0v) is 14.3. The molecule has 2 rings (SSSR count). The van der Waals surface area contributed by atoms with Gasteiger partial charge in [0.05, 0.1) is 6.54 Å². The van der Waals surface area contributed by atoms with Gasteiger partial charge in [-0.1, -0.05) is 20.8 Å². The maximum absolute atomic E-state index is 6.04. The quantitative estimate of drug-likeness (QED) is 0.928. The molecular weight excluding hydrogens is 260 g/mol. The van der Waals surface area contributed by atoms with Crippen LogP contribution in [0.1, 0.15) is 45.9 Å². The highest BCUT2D eigenvalue weighted by molar-refractivity contribution is 4.95. The first-order valence-electron chi connectivity index (χ1n) is 8.19. The van der Waals surface area contributed by atoms with Gasteiger partial charge in [0.25, 0.3) is 0 Å². The third-order valence-corrected chi connectivity index (χ3v) is 5.36. The molecule has 21 heavy (non-hydrogen) atoms. The van der Waals surface area contributed by atoms with Crippen molar-refractivity contribution >= 4 is 0 Å². The van der Waals surface area contributed by atoms with Crippen molar-refractivity contribution < 1.29 is 0 Å². The standard InChI is InChI=1S/C17H32N4/c1-17(2,3)14-7-6-13(11-18)15(10-14)21(5)12-16-19-8-9-20(16)4/h8-9,13-15H,6-7,10-12,18H2,1-5H3. The molecule has 1 aromatic rings. The van der Waals surface area contributed by atoms with Gasteiger partial charge >= 0.3 is 0 Å². The second-order valence-corrected chi connectivity index (χ2v) is 7.81. The Morgan fingerprint density at radius 1 is 1.38 bits per heavy atom. The van der Waals surface area contributed by atoms with E-state index in [4.69, 9.17) is 5.73 Å². The molecule has 120 valence electrons. The summed E-state index contributed by atoms with van der Waals surface area (Å²) in [5.41, 5.74) is 6.43. The van der Waals surface area contributed by atoms with E-state index >= 15 is 0 Å². The van der Waals surface area contributed by atoms with E-state index in [1.807, 2.05) is 12.4 Å². The van der Waals surface area contributed by atoms with Crippen LogP contribution in [0.5, 0.6) is 0 Å². The molecule has 0 amide bonds. The minimum absolute atomic E-state index is 0.391. The van der Waals surface area contributed by atoms with Crippen LogP contribution in [-0.4, -0.2) is 34.1 Å². The summed E-state index contributed by atoms with van der Waals surface area (Å²) in [5.74, 6) is 2.54. The third kappa shape index (κ3) is 3.86. The number of imidazole rings is 1. The third-order valence-electron chi connectivity index (χ3n) is 5.36. The minimum Gasteiger partial charge on any atom is -0.337 e. The second-order valence-electron chi connectivity index (χ2n) is 7.81. The fraction of sp³-hybridized carbons (Fsp3) is 0.824. The molecule has 4 heteroatoms. The van der Waals surface area contributed by atoms with Crippen LogP contribution < -0.4 is 5.73 Å². The van der Waals surface area contributed by atoms with Gasteiger partial charge in [-0.2, -0.15) is 0 Å². The molecule has 0 bridgehead atoms. The van der Waals surface area contributed by atoms with Gasteiger partial charge in [0.15, 0.2) is 0 Å². The topological polar surface area (TPSA) is 47.1 Å². The highest BCUT2D eigenvalue weighted by Crippen LogP contribution is 2.41. The maximum Gasteiger partial charge on any atom is 0.122 e. The van der Waals surface area contributed by atoms with Crippen molar-refractivity contribution in [3.63, 3.8) is 0 Å². The Morgan fingerprint density at radius 3 is 2.62 bits per heavy atom. The smallest absolute Gasteiger partial charge is 0.122 e. The molecule has 1 fully saturated rings. The maximum atomic E-state index is 6.04. The van der Waals surface area contributed by atoms with Gasteiger partial charge in [-0.3, -0.25) is 4.90 Å². The van der Waals surface area contributed by atoms with E-state index in [0.717, 1.165) is 24.8 Å². The SMILES string of the molecule is CN(Cc1nccn1C)C1CC(C(C)(C)C)CCC1CN. The summed E-state index contributed by atoms with van der Waals surface area (Å²) in [6.45, 7) is 8.82. The predicted molar refractivity (Wildman–Crippen MR) is 87.8 cm³/mol. The lowest BCUT2D eigenvalue weighted by Crippen LogP contribution is -2.47. The minimum atomic E-state index is 0.391. The average molecular weight is 292 g/mol. The van der Waals surface area contributed by atoms with Crippen molar-refractivity contribution in [1.29, 1.82) is 0 Å². The van der Waals surface area contributed by atoms with Crippen LogP contribution in [0.25, 0.3) is 0 Å². The van der Waals surface area contributed by atoms with Gasteiger partial charge in [0, 0.05) is 25.5 Å². The van der Waals surface area contributed by atoms with Gasteiger partial charge in [0.2, 0.25) is 0 Å². The lowest BCUT2D eigenvalue weighted by atomic mass is 9.67. The number of nitrogens with zero attached hydrogens (tertiary/aromatic N) is 3. The number of rotatable bonds is 4. The van der Waals surface area contributed by atoms with Gasteiger partial charge in [0.1, 0.15) is 5.82 Å². The molecule has 1 aliphatic carbocycles. The van der Waals surface area contributed by atoms with Crippen LogP contribution in [0, 0.1) is 17.3 Å². The molecule has 0 spiro atoms. The van der Waals surface area contributed by atoms with E-state index < -0.39 is 0 Å². The van der Waals surface area contributed by atoms with Crippen LogP contribution >= 0.6 is 0 Å². The molecule has 0 saturated heterocycles. The predicted octanol–water partition coefficient (Wildman–Crippen LogP) is 2.64. The Balaban J connectivity index is 2.07. The molecule has 1 aliphatic rings. The van der Waals surface area contributed by atoms with Gasteiger partial charge in [-0.15, -0.1) is 0 Å². The normalized spacial score (nSPS) is 27.3. The van der Waals surface area contributed by atoms with Crippen LogP contribution in [0.3, 0.4) is 0 Å². The van der Waals surface area contributed by atoms with Crippen molar-refractivity contribution in [2.75, 3.05) is 13.6 Å². The van der Waals surface area contributed by atoms with Crippen molar-refractivity contribution in [1.82, 2.24) is 14.5 Å². The Hall–Kier alpha value is -0.870. The molecule has 2 N–H and O–H groups in total. The van der Waals surface area contributed by atoms with Crippen molar-refractivity contribution in [2.45, 2.75) is 52.6 Å². The van der Waals surface area contributed by atoms with E-state index in [2.05, 4.69) is 49.3 Å². The number of aryl methyl sites for hydroxylation is 1. The summed E-state index contributed by atoms with van der Waals surface area (Å²) in [4.78, 5) is 6.93. The molecule has 1 heterocycles. The summed E-state index contributed by atoms with van der Waals surface area (Å²) in [7, 11) is 4.29. The van der Waals surface area contributed by atoms with E-state index in [0.29, 0.717) is 17.4 Å². The Labute approximate surface area is 129 Å². The van der Waals surface area contributed by atoms with Gasteiger partial charge < -0.3 is 10.3 Å². The van der Waals surface area contributed by atoms with Crippen molar-refractivity contribution in [3.05, 3.63) is 18.2 Å². The van der Waals surface area contributed by atoms with Crippen LogP contribution in [-0.2, 0) is 13.6 Å². The molecular formula is C17H32N4. The van der Waals surface area contributed by atoms with Crippen LogP contribution in [0.4, 0.5) is 0 Å². The van der Waals surface area contributed by atoms with Gasteiger partial charge in [-0.25, -0.2) is 4.98 Å². The van der Waals surface area contributed by atoms with E-state index in [9.17, 15) is 0 Å². The van der Waals surface area contributed by atoms with Crippen molar-refractivity contribution in [2.24, 2.45) is 30.0 Å². The molecule has 3 unspecified atom stereocenters. The summed E-state index contributed by atoms with van der Waals surface area (Å²) in [6, 6.07) is 0.574. The fourth-order valence-electron chi connectivity index (χ4n) is 3.70. The van der Waals surface area contributed by atoms with Crippen LogP contribution in [0.2, 0.25) is 0 Å². The van der Waals surface area contributed by atoms with E-state index in [-0.39, 0.29) is 0 Å². The molecule has 0 radical (unpaired) electrons. The molecule has 1 aromatic heterocycles. The first kappa shape index (κ1) is 16.5. The molecule has 3 atom stereocenters. The number of aromatic nitrogens is 2. The van der Waals surface area contributed by atoms with E-state index in [1.54, 1.807) is 0 Å². The summed E-state index contributed by atoms with van der Waals surface area (Å²) >= 11 is 0. The Kier molecular flexibility index (Phi) is 5.10. The van der Waals surface area contributed by atoms with Crippen molar-refractivity contribution in [3.8, 4) is 0 Å². The molecule has 0 aromatic carbocycles.